The first kappa shape index (κ1) is 12.6. The molecule has 4 nitrogen and oxygen atoms in total. The van der Waals surface area contributed by atoms with Crippen LogP contribution in [0.5, 0.6) is 0 Å². The number of amides is 1. The number of nitrogens with two attached hydrogens (primary N) is 1. The maximum atomic E-state index is 13.6. The van der Waals surface area contributed by atoms with Gasteiger partial charge in [0.15, 0.2) is 5.82 Å². The van der Waals surface area contributed by atoms with Gasteiger partial charge in [-0.1, -0.05) is 12.1 Å². The highest BCUT2D eigenvalue weighted by Gasteiger charge is 2.24. The van der Waals surface area contributed by atoms with Crippen molar-refractivity contribution in [1.29, 1.82) is 0 Å². The third kappa shape index (κ3) is 2.11. The molecule has 0 bridgehead atoms. The van der Waals surface area contributed by atoms with Crippen molar-refractivity contribution in [2.45, 2.75) is 13.0 Å². The fraction of sp³-hybridized carbons (Fsp3) is 0.200. The molecule has 0 radical (unpaired) electrons. The molecule has 0 unspecified atom stereocenters. The Bertz CT molecular complexity index is 672. The third-order valence-electron chi connectivity index (χ3n) is 3.59. The van der Waals surface area contributed by atoms with Gasteiger partial charge >= 0.3 is 0 Å². The van der Waals surface area contributed by atoms with E-state index in [1.807, 2.05) is 18.2 Å². The molecule has 0 atom stereocenters. The Hall–Kier alpha value is -2.43. The smallest absolute Gasteiger partial charge is 0.257 e. The lowest BCUT2D eigenvalue weighted by molar-refractivity contribution is 0.0730. The first-order valence-electron chi connectivity index (χ1n) is 6.42. The van der Waals surface area contributed by atoms with Crippen molar-refractivity contribution < 1.29 is 9.18 Å². The number of halogens is 1. The molecular formula is C15H14FN3O. The molecule has 0 aliphatic carbocycles. The largest absolute Gasteiger partial charge is 0.398 e. The van der Waals surface area contributed by atoms with Crippen molar-refractivity contribution in [3.8, 4) is 0 Å². The van der Waals surface area contributed by atoms with Crippen molar-refractivity contribution >= 4 is 11.6 Å². The number of nitrogens with zero attached hydrogens (tertiary/aromatic N) is 2. The lowest BCUT2D eigenvalue weighted by Gasteiger charge is -2.29. The van der Waals surface area contributed by atoms with Crippen LogP contribution in [0.4, 0.5) is 10.1 Å². The normalized spacial score (nSPS) is 13.9. The molecule has 1 aromatic heterocycles. The first-order chi connectivity index (χ1) is 9.66. The number of pyridine rings is 1. The molecule has 0 spiro atoms. The van der Waals surface area contributed by atoms with Gasteiger partial charge in [0.05, 0.1) is 11.8 Å². The van der Waals surface area contributed by atoms with Crippen LogP contribution < -0.4 is 5.73 Å². The summed E-state index contributed by atoms with van der Waals surface area (Å²) in [7, 11) is 0. The number of carbonyl (C=O) groups is 1. The molecule has 3 rings (SSSR count). The summed E-state index contributed by atoms with van der Waals surface area (Å²) in [5, 5.41) is 0. The summed E-state index contributed by atoms with van der Waals surface area (Å²) in [4.78, 5) is 17.6. The van der Waals surface area contributed by atoms with E-state index in [0.29, 0.717) is 19.5 Å². The highest BCUT2D eigenvalue weighted by atomic mass is 19.1. The van der Waals surface area contributed by atoms with E-state index < -0.39 is 5.82 Å². The molecule has 0 fully saturated rings. The van der Waals surface area contributed by atoms with Crippen LogP contribution in [0.15, 0.2) is 36.7 Å². The van der Waals surface area contributed by atoms with Crippen molar-refractivity contribution in [3.63, 3.8) is 0 Å². The van der Waals surface area contributed by atoms with Crippen LogP contribution in [0.25, 0.3) is 0 Å². The average molecular weight is 271 g/mol. The van der Waals surface area contributed by atoms with Gasteiger partial charge < -0.3 is 10.6 Å². The van der Waals surface area contributed by atoms with E-state index in [4.69, 9.17) is 5.73 Å². The Morgan fingerprint density at radius 3 is 3.00 bits per heavy atom. The van der Waals surface area contributed by atoms with Gasteiger partial charge in [0.2, 0.25) is 0 Å². The summed E-state index contributed by atoms with van der Waals surface area (Å²) in [6.07, 6.45) is 3.18. The number of carbonyl (C=O) groups excluding carboxylic acids is 1. The summed E-state index contributed by atoms with van der Waals surface area (Å²) in [5.74, 6) is -0.895. The van der Waals surface area contributed by atoms with Crippen molar-refractivity contribution in [2.24, 2.45) is 0 Å². The third-order valence-corrected chi connectivity index (χ3v) is 3.59. The van der Waals surface area contributed by atoms with Gasteiger partial charge in [0.1, 0.15) is 0 Å². The van der Waals surface area contributed by atoms with Crippen LogP contribution in [0.2, 0.25) is 0 Å². The summed E-state index contributed by atoms with van der Waals surface area (Å²) in [6, 6.07) is 7.09. The van der Waals surface area contributed by atoms with Gasteiger partial charge in [-0.05, 0) is 29.7 Å². The average Bonchev–Trinajstić information content (AvgIpc) is 2.47. The van der Waals surface area contributed by atoms with Gasteiger partial charge in [-0.2, -0.15) is 0 Å². The SMILES string of the molecule is Nc1cccc2c1CCN(C(=O)c1ccncc1F)C2. The highest BCUT2D eigenvalue weighted by Crippen LogP contribution is 2.25. The van der Waals surface area contributed by atoms with Crippen LogP contribution in [-0.4, -0.2) is 22.3 Å². The summed E-state index contributed by atoms with van der Waals surface area (Å²) in [5.41, 5.74) is 8.86. The quantitative estimate of drug-likeness (QED) is 0.807. The molecule has 5 heteroatoms. The van der Waals surface area contributed by atoms with Crippen LogP contribution in [0.3, 0.4) is 0 Å². The minimum absolute atomic E-state index is 0.0624. The minimum atomic E-state index is -0.587. The zero-order valence-electron chi connectivity index (χ0n) is 10.8. The van der Waals surface area contributed by atoms with Gasteiger partial charge in [-0.25, -0.2) is 4.39 Å². The number of rotatable bonds is 1. The molecule has 20 heavy (non-hydrogen) atoms. The molecule has 0 saturated heterocycles. The lowest BCUT2D eigenvalue weighted by Crippen LogP contribution is -2.36. The number of hydrogen-bond acceptors (Lipinski definition) is 3. The Balaban J connectivity index is 1.88. The number of fused-ring (bicyclic) bond motifs is 1. The number of hydrogen-bond donors (Lipinski definition) is 1. The Morgan fingerprint density at radius 2 is 2.20 bits per heavy atom. The van der Waals surface area contributed by atoms with E-state index >= 15 is 0 Å². The van der Waals surface area contributed by atoms with E-state index in [-0.39, 0.29) is 11.5 Å². The molecule has 2 N–H and O–H groups in total. The molecule has 0 saturated carbocycles. The lowest BCUT2D eigenvalue weighted by atomic mass is 9.97. The van der Waals surface area contributed by atoms with Crippen LogP contribution >= 0.6 is 0 Å². The van der Waals surface area contributed by atoms with Gasteiger partial charge in [0, 0.05) is 25.0 Å². The zero-order chi connectivity index (χ0) is 14.1. The predicted octanol–water partition coefficient (Wildman–Crippen LogP) is 2.00. The van der Waals surface area contributed by atoms with Gasteiger partial charge in [-0.15, -0.1) is 0 Å². The van der Waals surface area contributed by atoms with E-state index in [1.165, 1.54) is 12.3 Å². The number of benzene rings is 1. The second-order valence-electron chi connectivity index (χ2n) is 4.82. The Morgan fingerprint density at radius 1 is 1.35 bits per heavy atom. The van der Waals surface area contributed by atoms with Crippen LogP contribution in [-0.2, 0) is 13.0 Å². The molecule has 1 aliphatic heterocycles. The summed E-state index contributed by atoms with van der Waals surface area (Å²) in [6.45, 7) is 1.00. The fourth-order valence-corrected chi connectivity index (χ4v) is 2.53. The fourth-order valence-electron chi connectivity index (χ4n) is 2.53. The molecular weight excluding hydrogens is 257 g/mol. The van der Waals surface area contributed by atoms with Crippen LogP contribution in [0, 0.1) is 5.82 Å². The van der Waals surface area contributed by atoms with Gasteiger partial charge in [0.25, 0.3) is 5.91 Å². The second-order valence-corrected chi connectivity index (χ2v) is 4.82. The highest BCUT2D eigenvalue weighted by molar-refractivity contribution is 5.94. The minimum Gasteiger partial charge on any atom is -0.398 e. The Labute approximate surface area is 116 Å². The molecule has 1 aliphatic rings. The number of anilines is 1. The molecule has 2 aromatic rings. The molecule has 102 valence electrons. The summed E-state index contributed by atoms with van der Waals surface area (Å²) < 4.78 is 13.6. The topological polar surface area (TPSA) is 59.2 Å². The predicted molar refractivity (Wildman–Crippen MR) is 73.5 cm³/mol. The Kier molecular flexibility index (Phi) is 3.10. The number of nitrogen functional groups attached to an aromatic ring is 1. The summed E-state index contributed by atoms with van der Waals surface area (Å²) >= 11 is 0. The van der Waals surface area contributed by atoms with E-state index in [1.54, 1.807) is 4.90 Å². The van der Waals surface area contributed by atoms with E-state index in [9.17, 15) is 9.18 Å². The van der Waals surface area contributed by atoms with E-state index in [2.05, 4.69) is 4.98 Å². The van der Waals surface area contributed by atoms with Gasteiger partial charge in [-0.3, -0.25) is 9.78 Å². The van der Waals surface area contributed by atoms with Crippen LogP contribution in [0.1, 0.15) is 21.5 Å². The first-order valence-corrected chi connectivity index (χ1v) is 6.42. The molecule has 1 amide bonds. The molecule has 2 heterocycles. The number of aromatic nitrogens is 1. The standard InChI is InChI=1S/C15H14FN3O/c16-13-8-18-6-4-12(13)15(20)19-7-5-11-10(9-19)2-1-3-14(11)17/h1-4,6,8H,5,7,9,17H2. The zero-order valence-corrected chi connectivity index (χ0v) is 10.8. The maximum absolute atomic E-state index is 13.6. The van der Waals surface area contributed by atoms with Crippen molar-refractivity contribution in [2.75, 3.05) is 12.3 Å². The maximum Gasteiger partial charge on any atom is 0.257 e. The van der Waals surface area contributed by atoms with Crippen molar-refractivity contribution in [1.82, 2.24) is 9.88 Å². The van der Waals surface area contributed by atoms with Crippen molar-refractivity contribution in [3.05, 3.63) is 59.2 Å². The monoisotopic (exact) mass is 271 g/mol. The van der Waals surface area contributed by atoms with E-state index in [0.717, 1.165) is 23.0 Å². The molecule has 1 aromatic carbocycles. The second kappa shape index (κ2) is 4.92.